The van der Waals surface area contributed by atoms with Crippen LogP contribution >= 0.6 is 0 Å². The maximum absolute atomic E-state index is 12.5. The molecule has 1 aliphatic rings. The summed E-state index contributed by atoms with van der Waals surface area (Å²) in [6, 6.07) is 4.08. The molecule has 0 amide bonds. The van der Waals surface area contributed by atoms with Gasteiger partial charge in [0.2, 0.25) is 10.0 Å². The van der Waals surface area contributed by atoms with Crippen LogP contribution in [-0.2, 0) is 10.0 Å². The maximum atomic E-state index is 12.5. The molecule has 0 spiro atoms. The van der Waals surface area contributed by atoms with E-state index in [1.807, 2.05) is 20.8 Å². The Bertz CT molecular complexity index is 695. The summed E-state index contributed by atoms with van der Waals surface area (Å²) in [4.78, 5) is 10.8. The van der Waals surface area contributed by atoms with Gasteiger partial charge in [-0.15, -0.1) is 0 Å². The van der Waals surface area contributed by atoms with Gasteiger partial charge in [-0.3, -0.25) is 10.1 Å². The Labute approximate surface area is 136 Å². The number of benzene rings is 1. The molecule has 0 unspecified atom stereocenters. The number of nitro benzene ring substituents is 1. The van der Waals surface area contributed by atoms with Crippen LogP contribution in [0.15, 0.2) is 23.1 Å². The number of rotatable bonds is 6. The van der Waals surface area contributed by atoms with Crippen molar-refractivity contribution >= 4 is 21.4 Å². The van der Waals surface area contributed by atoms with Crippen LogP contribution in [0.4, 0.5) is 11.4 Å². The van der Waals surface area contributed by atoms with Gasteiger partial charge in [0.05, 0.1) is 9.82 Å². The molecule has 1 saturated heterocycles. The number of anilines is 1. The molecule has 0 saturated carbocycles. The molecule has 2 rings (SSSR count). The zero-order valence-electron chi connectivity index (χ0n) is 13.7. The molecule has 1 aromatic rings. The minimum Gasteiger partial charge on any atom is -0.375 e. The van der Waals surface area contributed by atoms with Crippen molar-refractivity contribution in [2.24, 2.45) is 0 Å². The Hall–Kier alpha value is -1.67. The van der Waals surface area contributed by atoms with Gasteiger partial charge in [-0.05, 0) is 45.2 Å². The van der Waals surface area contributed by atoms with E-state index in [2.05, 4.69) is 5.32 Å². The zero-order chi connectivity index (χ0) is 17.3. The normalized spacial score (nSPS) is 16.5. The van der Waals surface area contributed by atoms with Crippen LogP contribution < -0.4 is 5.32 Å². The molecule has 1 aliphatic heterocycles. The number of hydrogen-bond acceptors (Lipinski definition) is 5. The minimum absolute atomic E-state index is 0.0223. The van der Waals surface area contributed by atoms with E-state index in [-0.39, 0.29) is 16.1 Å². The highest BCUT2D eigenvalue weighted by Crippen LogP contribution is 2.32. The Morgan fingerprint density at radius 2 is 1.91 bits per heavy atom. The van der Waals surface area contributed by atoms with E-state index in [0.29, 0.717) is 18.8 Å². The van der Waals surface area contributed by atoms with E-state index in [1.165, 1.54) is 16.4 Å². The van der Waals surface area contributed by atoms with E-state index < -0.39 is 14.9 Å². The van der Waals surface area contributed by atoms with Crippen molar-refractivity contribution in [3.8, 4) is 0 Å². The van der Waals surface area contributed by atoms with Gasteiger partial charge in [-0.2, -0.15) is 4.31 Å². The smallest absolute Gasteiger partial charge is 0.293 e. The Kier molecular flexibility index (Phi) is 4.95. The topological polar surface area (TPSA) is 92.6 Å². The van der Waals surface area contributed by atoms with Crippen LogP contribution in [0.2, 0.25) is 0 Å². The lowest BCUT2D eigenvalue weighted by Gasteiger charge is -2.26. The van der Waals surface area contributed by atoms with E-state index in [1.54, 1.807) is 0 Å². The fourth-order valence-corrected chi connectivity index (χ4v) is 4.00. The summed E-state index contributed by atoms with van der Waals surface area (Å²) in [5.41, 5.74) is -0.200. The number of nitrogens with zero attached hydrogens (tertiary/aromatic N) is 2. The predicted octanol–water partition coefficient (Wildman–Crippen LogP) is 2.98. The quantitative estimate of drug-likeness (QED) is 0.634. The van der Waals surface area contributed by atoms with Crippen molar-refractivity contribution in [1.82, 2.24) is 4.31 Å². The van der Waals surface area contributed by atoms with Crippen LogP contribution in [-0.4, -0.2) is 36.3 Å². The lowest BCUT2D eigenvalue weighted by Crippen LogP contribution is -2.30. The van der Waals surface area contributed by atoms with Gasteiger partial charge in [-0.25, -0.2) is 8.42 Å². The van der Waals surface area contributed by atoms with Crippen molar-refractivity contribution in [2.45, 2.75) is 50.5 Å². The summed E-state index contributed by atoms with van der Waals surface area (Å²) in [6.45, 7) is 6.79. The second-order valence-corrected chi connectivity index (χ2v) is 8.35. The second kappa shape index (κ2) is 6.45. The van der Waals surface area contributed by atoms with Crippen molar-refractivity contribution in [3.63, 3.8) is 0 Å². The summed E-state index contributed by atoms with van der Waals surface area (Å²) >= 11 is 0. The van der Waals surface area contributed by atoms with Gasteiger partial charge in [0.25, 0.3) is 5.69 Å². The Morgan fingerprint density at radius 1 is 1.30 bits per heavy atom. The van der Waals surface area contributed by atoms with E-state index in [4.69, 9.17) is 0 Å². The average Bonchev–Trinajstić information content (AvgIpc) is 3.01. The van der Waals surface area contributed by atoms with Gasteiger partial charge in [0, 0.05) is 24.7 Å². The first-order valence-electron chi connectivity index (χ1n) is 7.74. The van der Waals surface area contributed by atoms with Crippen molar-refractivity contribution in [2.75, 3.05) is 18.4 Å². The van der Waals surface area contributed by atoms with Gasteiger partial charge >= 0.3 is 0 Å². The molecule has 1 N–H and O–H groups in total. The third-order valence-corrected chi connectivity index (χ3v) is 6.12. The number of nitro groups is 1. The molecular weight excluding hydrogens is 318 g/mol. The van der Waals surface area contributed by atoms with Gasteiger partial charge in [-0.1, -0.05) is 6.92 Å². The molecule has 8 heteroatoms. The van der Waals surface area contributed by atoms with Crippen molar-refractivity contribution < 1.29 is 13.3 Å². The maximum Gasteiger partial charge on any atom is 0.293 e. The SMILES string of the molecule is CCC(C)(C)Nc1ccc(S(=O)(=O)N2CCCC2)cc1[N+](=O)[O-]. The first-order valence-corrected chi connectivity index (χ1v) is 9.18. The number of sulfonamides is 1. The van der Waals surface area contributed by atoms with Crippen LogP contribution in [0.1, 0.15) is 40.0 Å². The Balaban J connectivity index is 2.42. The summed E-state index contributed by atoms with van der Waals surface area (Å²) in [6.07, 6.45) is 2.43. The highest BCUT2D eigenvalue weighted by molar-refractivity contribution is 7.89. The monoisotopic (exact) mass is 341 g/mol. The van der Waals surface area contributed by atoms with E-state index in [9.17, 15) is 18.5 Å². The first-order chi connectivity index (χ1) is 10.7. The fraction of sp³-hybridized carbons (Fsp3) is 0.600. The predicted molar refractivity (Wildman–Crippen MR) is 89.1 cm³/mol. The summed E-state index contributed by atoms with van der Waals surface area (Å²) in [5, 5.41) is 14.5. The summed E-state index contributed by atoms with van der Waals surface area (Å²) in [7, 11) is -3.66. The molecular formula is C15H23N3O4S. The largest absolute Gasteiger partial charge is 0.375 e. The third kappa shape index (κ3) is 3.81. The highest BCUT2D eigenvalue weighted by atomic mass is 32.2. The van der Waals surface area contributed by atoms with Crippen LogP contribution in [0.25, 0.3) is 0 Å². The average molecular weight is 341 g/mol. The van der Waals surface area contributed by atoms with Crippen molar-refractivity contribution in [3.05, 3.63) is 28.3 Å². The van der Waals surface area contributed by atoms with Crippen molar-refractivity contribution in [1.29, 1.82) is 0 Å². The van der Waals surface area contributed by atoms with E-state index >= 15 is 0 Å². The minimum atomic E-state index is -3.66. The zero-order valence-corrected chi connectivity index (χ0v) is 14.5. The number of nitrogens with one attached hydrogen (secondary N) is 1. The lowest BCUT2D eigenvalue weighted by atomic mass is 10.0. The molecule has 1 aromatic carbocycles. The Morgan fingerprint density at radius 3 is 2.43 bits per heavy atom. The molecule has 1 fully saturated rings. The van der Waals surface area contributed by atoms with Crippen LogP contribution in [0.5, 0.6) is 0 Å². The molecule has 128 valence electrons. The first kappa shape index (κ1) is 17.7. The van der Waals surface area contributed by atoms with Gasteiger partial charge in [0.1, 0.15) is 5.69 Å². The third-order valence-electron chi connectivity index (χ3n) is 4.23. The summed E-state index contributed by atoms with van der Waals surface area (Å²) in [5.74, 6) is 0. The molecule has 0 bridgehead atoms. The molecule has 0 radical (unpaired) electrons. The molecule has 1 heterocycles. The van der Waals surface area contributed by atoms with Gasteiger partial charge in [0.15, 0.2) is 0 Å². The molecule has 7 nitrogen and oxygen atoms in total. The van der Waals surface area contributed by atoms with E-state index in [0.717, 1.165) is 25.3 Å². The standard InChI is InChI=1S/C15H23N3O4S/c1-4-15(2,3)16-13-8-7-12(11-14(13)18(19)20)23(21,22)17-9-5-6-10-17/h7-8,11,16H,4-6,9-10H2,1-3H3. The van der Waals surface area contributed by atoms with Crippen LogP contribution in [0.3, 0.4) is 0 Å². The molecule has 23 heavy (non-hydrogen) atoms. The molecule has 0 aromatic heterocycles. The molecule has 0 aliphatic carbocycles. The second-order valence-electron chi connectivity index (χ2n) is 6.41. The highest BCUT2D eigenvalue weighted by Gasteiger charge is 2.30. The van der Waals surface area contributed by atoms with Gasteiger partial charge < -0.3 is 5.32 Å². The summed E-state index contributed by atoms with van der Waals surface area (Å²) < 4.78 is 26.5. The molecule has 0 atom stereocenters. The van der Waals surface area contributed by atoms with Crippen LogP contribution in [0, 0.1) is 10.1 Å². The lowest BCUT2D eigenvalue weighted by molar-refractivity contribution is -0.384. The number of hydrogen-bond donors (Lipinski definition) is 1. The fourth-order valence-electron chi connectivity index (χ4n) is 2.46.